The number of hydrogen-bond acceptors (Lipinski definition) is 4. The molecule has 1 aliphatic heterocycles. The lowest BCUT2D eigenvalue weighted by Crippen LogP contribution is -2.39. The van der Waals surface area contributed by atoms with Crippen LogP contribution < -0.4 is 0 Å². The predicted molar refractivity (Wildman–Crippen MR) is 81.6 cm³/mol. The van der Waals surface area contributed by atoms with E-state index in [-0.39, 0.29) is 29.2 Å². The molecule has 2 atom stereocenters. The molecule has 0 N–H and O–H groups in total. The van der Waals surface area contributed by atoms with Crippen molar-refractivity contribution in [2.24, 2.45) is 11.8 Å². The van der Waals surface area contributed by atoms with Crippen LogP contribution in [0.4, 0.5) is 8.78 Å². The van der Waals surface area contributed by atoms with Crippen LogP contribution in [0.25, 0.3) is 5.78 Å². The lowest BCUT2D eigenvalue weighted by Gasteiger charge is -2.32. The van der Waals surface area contributed by atoms with E-state index in [1.54, 1.807) is 0 Å². The van der Waals surface area contributed by atoms with Crippen LogP contribution in [0.2, 0.25) is 0 Å². The topological polar surface area (TPSA) is 63.4 Å². The van der Waals surface area contributed by atoms with Crippen LogP contribution >= 0.6 is 0 Å². The summed E-state index contributed by atoms with van der Waals surface area (Å²) < 4.78 is 27.6. The summed E-state index contributed by atoms with van der Waals surface area (Å²) in [6.07, 6.45) is 1.08. The van der Waals surface area contributed by atoms with Gasteiger partial charge in [-0.1, -0.05) is 6.92 Å². The van der Waals surface area contributed by atoms with Crippen LogP contribution in [0.15, 0.2) is 12.4 Å². The maximum absolute atomic E-state index is 13.3. The van der Waals surface area contributed by atoms with Crippen LogP contribution in [0, 0.1) is 11.8 Å². The van der Waals surface area contributed by atoms with Crippen molar-refractivity contribution >= 4 is 11.7 Å². The van der Waals surface area contributed by atoms with E-state index >= 15 is 0 Å². The van der Waals surface area contributed by atoms with Crippen molar-refractivity contribution in [1.82, 2.24) is 24.5 Å². The van der Waals surface area contributed by atoms with Gasteiger partial charge in [-0.05, 0) is 31.2 Å². The van der Waals surface area contributed by atoms with Gasteiger partial charge in [0.05, 0.1) is 0 Å². The van der Waals surface area contributed by atoms with Crippen molar-refractivity contribution in [3.63, 3.8) is 0 Å². The lowest BCUT2D eigenvalue weighted by molar-refractivity contribution is -0.133. The largest absolute Gasteiger partial charge is 0.342 e. The van der Waals surface area contributed by atoms with Crippen molar-refractivity contribution in [1.29, 1.82) is 0 Å². The quantitative estimate of drug-likeness (QED) is 0.864. The number of carbonyl (C=O) groups excluding carboxylic acids is 1. The molecule has 1 aliphatic carbocycles. The van der Waals surface area contributed by atoms with Crippen molar-refractivity contribution in [3.05, 3.63) is 23.8 Å². The second kappa shape index (κ2) is 5.75. The Morgan fingerprint density at radius 2 is 2.04 bits per heavy atom. The molecule has 6 nitrogen and oxygen atoms in total. The van der Waals surface area contributed by atoms with Crippen molar-refractivity contribution < 1.29 is 13.6 Å². The van der Waals surface area contributed by atoms with E-state index < -0.39 is 6.43 Å². The highest BCUT2D eigenvalue weighted by atomic mass is 19.3. The molecular formula is C16H19F2N5O. The Kier molecular flexibility index (Phi) is 3.69. The smallest absolute Gasteiger partial charge is 0.280 e. The lowest BCUT2D eigenvalue weighted by atomic mass is 9.92. The average molecular weight is 335 g/mol. The third-order valence-corrected chi connectivity index (χ3v) is 5.17. The Balaban J connectivity index is 1.51. The van der Waals surface area contributed by atoms with Crippen LogP contribution in [0.1, 0.15) is 49.9 Å². The minimum absolute atomic E-state index is 0.0740. The standard InChI is InChI=1S/C16H19F2N5O/c1-9-6-11(9)15(24)22-4-2-10(3-5-22)12-7-13(14(17)18)23-16(21-12)19-8-20-23/h7-11,14H,2-6H2,1H3/t9-,11-/m0/s1. The van der Waals surface area contributed by atoms with Gasteiger partial charge in [-0.15, -0.1) is 0 Å². The van der Waals surface area contributed by atoms with Gasteiger partial charge in [0.1, 0.15) is 12.0 Å². The summed E-state index contributed by atoms with van der Waals surface area (Å²) in [6, 6.07) is 1.43. The minimum atomic E-state index is -2.63. The molecule has 8 heteroatoms. The zero-order valence-electron chi connectivity index (χ0n) is 13.4. The zero-order chi connectivity index (χ0) is 16.8. The van der Waals surface area contributed by atoms with Crippen molar-refractivity contribution in [2.75, 3.05) is 13.1 Å². The van der Waals surface area contributed by atoms with Gasteiger partial charge in [0.2, 0.25) is 5.91 Å². The van der Waals surface area contributed by atoms with E-state index in [4.69, 9.17) is 0 Å². The molecule has 128 valence electrons. The van der Waals surface area contributed by atoms with E-state index in [0.717, 1.165) is 23.8 Å². The zero-order valence-corrected chi connectivity index (χ0v) is 13.4. The number of fused-ring (bicyclic) bond motifs is 1. The number of amides is 1. The molecule has 4 rings (SSSR count). The highest BCUT2D eigenvalue weighted by Crippen LogP contribution is 2.40. The van der Waals surface area contributed by atoms with Gasteiger partial charge < -0.3 is 4.90 Å². The van der Waals surface area contributed by atoms with Crippen LogP contribution in [-0.2, 0) is 4.79 Å². The van der Waals surface area contributed by atoms with E-state index in [2.05, 4.69) is 22.0 Å². The number of aromatic nitrogens is 4. The van der Waals surface area contributed by atoms with Gasteiger partial charge in [-0.2, -0.15) is 14.6 Å². The summed E-state index contributed by atoms with van der Waals surface area (Å²) in [5, 5.41) is 3.80. The molecule has 0 spiro atoms. The summed E-state index contributed by atoms with van der Waals surface area (Å²) in [6.45, 7) is 3.42. The Labute approximate surface area is 137 Å². The number of halogens is 2. The maximum atomic E-state index is 13.3. The number of hydrogen-bond donors (Lipinski definition) is 0. The molecule has 3 heterocycles. The highest BCUT2D eigenvalue weighted by Gasteiger charge is 2.42. The Morgan fingerprint density at radius 3 is 2.67 bits per heavy atom. The summed E-state index contributed by atoms with van der Waals surface area (Å²) in [4.78, 5) is 22.5. The fourth-order valence-electron chi connectivity index (χ4n) is 3.52. The first-order valence-electron chi connectivity index (χ1n) is 8.32. The third kappa shape index (κ3) is 2.63. The molecule has 2 aromatic rings. The van der Waals surface area contributed by atoms with Gasteiger partial charge in [-0.3, -0.25) is 4.79 Å². The number of nitrogens with zero attached hydrogens (tertiary/aromatic N) is 5. The minimum Gasteiger partial charge on any atom is -0.342 e. The molecule has 1 saturated carbocycles. The molecule has 2 aromatic heterocycles. The van der Waals surface area contributed by atoms with Crippen LogP contribution in [0.3, 0.4) is 0 Å². The van der Waals surface area contributed by atoms with Crippen LogP contribution in [0.5, 0.6) is 0 Å². The highest BCUT2D eigenvalue weighted by molar-refractivity contribution is 5.81. The number of piperidine rings is 1. The van der Waals surface area contributed by atoms with Crippen LogP contribution in [-0.4, -0.2) is 43.5 Å². The molecule has 1 amide bonds. The molecule has 0 bridgehead atoms. The molecular weight excluding hydrogens is 316 g/mol. The molecule has 24 heavy (non-hydrogen) atoms. The Hall–Kier alpha value is -2.12. The molecule has 0 radical (unpaired) electrons. The van der Waals surface area contributed by atoms with Gasteiger partial charge >= 0.3 is 0 Å². The van der Waals surface area contributed by atoms with E-state index in [1.165, 1.54) is 12.4 Å². The Morgan fingerprint density at radius 1 is 1.33 bits per heavy atom. The molecule has 2 fully saturated rings. The van der Waals surface area contributed by atoms with E-state index in [1.807, 2.05) is 4.90 Å². The number of carbonyl (C=O) groups is 1. The fourth-order valence-corrected chi connectivity index (χ4v) is 3.52. The summed E-state index contributed by atoms with van der Waals surface area (Å²) in [5.41, 5.74) is 0.440. The van der Waals surface area contributed by atoms with Gasteiger partial charge in [0.15, 0.2) is 0 Å². The summed E-state index contributed by atoms with van der Waals surface area (Å²) >= 11 is 0. The second-order valence-corrected chi connectivity index (χ2v) is 6.80. The van der Waals surface area contributed by atoms with Crippen molar-refractivity contribution in [2.45, 2.75) is 38.5 Å². The van der Waals surface area contributed by atoms with Gasteiger partial charge in [0, 0.05) is 30.6 Å². The first-order chi connectivity index (χ1) is 11.5. The number of likely N-dealkylation sites (tertiary alicyclic amines) is 1. The van der Waals surface area contributed by atoms with E-state index in [0.29, 0.717) is 24.7 Å². The average Bonchev–Trinajstić information content (AvgIpc) is 3.12. The maximum Gasteiger partial charge on any atom is 0.280 e. The molecule has 0 unspecified atom stereocenters. The number of alkyl halides is 2. The van der Waals surface area contributed by atoms with Gasteiger partial charge in [-0.25, -0.2) is 13.8 Å². The number of rotatable bonds is 3. The van der Waals surface area contributed by atoms with Gasteiger partial charge in [0.25, 0.3) is 12.2 Å². The molecule has 1 saturated heterocycles. The summed E-state index contributed by atoms with van der Waals surface area (Å²) in [7, 11) is 0. The fraction of sp³-hybridized carbons (Fsp3) is 0.625. The Bertz CT molecular complexity index is 769. The summed E-state index contributed by atoms with van der Waals surface area (Å²) in [5.74, 6) is 1.21. The second-order valence-electron chi connectivity index (χ2n) is 6.80. The first kappa shape index (κ1) is 15.4. The molecule has 2 aliphatic rings. The van der Waals surface area contributed by atoms with E-state index in [9.17, 15) is 13.6 Å². The monoisotopic (exact) mass is 335 g/mol. The normalized spacial score (nSPS) is 24.8. The first-order valence-corrected chi connectivity index (χ1v) is 8.32. The molecule has 0 aromatic carbocycles. The third-order valence-electron chi connectivity index (χ3n) is 5.17. The van der Waals surface area contributed by atoms with Crippen molar-refractivity contribution in [3.8, 4) is 0 Å². The SMILES string of the molecule is C[C@H]1C[C@@H]1C(=O)N1CCC(c2cc(C(F)F)n3ncnc3n2)CC1. The predicted octanol–water partition coefficient (Wildman–Crippen LogP) is 2.42.